The van der Waals surface area contributed by atoms with Crippen LogP contribution in [-0.2, 0) is 20.7 Å². The molecule has 136 valence electrons. The molecule has 1 unspecified atom stereocenters. The second-order valence-corrected chi connectivity index (χ2v) is 6.26. The van der Waals surface area contributed by atoms with Gasteiger partial charge in [0, 0.05) is 31.7 Å². The summed E-state index contributed by atoms with van der Waals surface area (Å²) in [6.07, 6.45) is 4.21. The average Bonchev–Trinajstić information content (AvgIpc) is 2.67. The number of aromatic nitrogens is 2. The number of likely N-dealkylation sites (N-methyl/N-ethyl adjacent to an activating group) is 1. The number of hydrogen-bond donors (Lipinski definition) is 0. The Morgan fingerprint density at radius 2 is 1.96 bits per heavy atom. The van der Waals surface area contributed by atoms with Crippen molar-refractivity contribution in [2.45, 2.75) is 25.9 Å². The van der Waals surface area contributed by atoms with Gasteiger partial charge in [0.15, 0.2) is 6.10 Å². The molecule has 1 aromatic carbocycles. The van der Waals surface area contributed by atoms with Crippen molar-refractivity contribution in [3.63, 3.8) is 0 Å². The zero-order valence-corrected chi connectivity index (χ0v) is 15.0. The summed E-state index contributed by atoms with van der Waals surface area (Å²) in [4.78, 5) is 36.4. The average molecular weight is 354 g/mol. The van der Waals surface area contributed by atoms with Crippen molar-refractivity contribution in [2.75, 3.05) is 29.9 Å². The lowest BCUT2D eigenvalue weighted by atomic mass is 10.0. The summed E-state index contributed by atoms with van der Waals surface area (Å²) in [5.74, 6) is -0.274. The summed E-state index contributed by atoms with van der Waals surface area (Å²) in [6, 6.07) is 9.54. The Hall–Kier alpha value is -2.96. The van der Waals surface area contributed by atoms with Crippen LogP contribution >= 0.6 is 0 Å². The summed E-state index contributed by atoms with van der Waals surface area (Å²) in [5, 5.41) is 0. The van der Waals surface area contributed by atoms with Gasteiger partial charge in [0.05, 0.1) is 0 Å². The van der Waals surface area contributed by atoms with E-state index in [-0.39, 0.29) is 12.5 Å². The fourth-order valence-corrected chi connectivity index (χ4v) is 3.02. The highest BCUT2D eigenvalue weighted by molar-refractivity contribution is 5.98. The molecule has 26 heavy (non-hydrogen) atoms. The lowest BCUT2D eigenvalue weighted by molar-refractivity contribution is -0.152. The Bertz CT molecular complexity index is 781. The molecule has 3 rings (SSSR count). The van der Waals surface area contributed by atoms with Gasteiger partial charge in [-0.1, -0.05) is 18.2 Å². The van der Waals surface area contributed by atoms with Crippen LogP contribution in [-0.4, -0.2) is 48.1 Å². The minimum atomic E-state index is -0.848. The SMILES string of the molecule is CC(OC(=O)CN(C)c1ncccn1)C(=O)N1CCCc2ccccc21. The molecule has 0 bridgehead atoms. The van der Waals surface area contributed by atoms with Crippen LogP contribution in [0.2, 0.25) is 0 Å². The number of benzene rings is 1. The molecule has 0 saturated heterocycles. The van der Waals surface area contributed by atoms with Crippen LogP contribution in [0.5, 0.6) is 0 Å². The topological polar surface area (TPSA) is 75.6 Å². The molecule has 7 nitrogen and oxygen atoms in total. The smallest absolute Gasteiger partial charge is 0.326 e. The largest absolute Gasteiger partial charge is 0.451 e. The van der Waals surface area contributed by atoms with Gasteiger partial charge in [-0.15, -0.1) is 0 Å². The predicted octanol–water partition coefficient (Wildman–Crippen LogP) is 1.82. The Morgan fingerprint density at radius 1 is 1.23 bits per heavy atom. The van der Waals surface area contributed by atoms with Gasteiger partial charge >= 0.3 is 5.97 Å². The van der Waals surface area contributed by atoms with E-state index in [4.69, 9.17) is 4.74 Å². The van der Waals surface area contributed by atoms with E-state index in [1.54, 1.807) is 42.2 Å². The molecule has 1 aliphatic rings. The van der Waals surface area contributed by atoms with Crippen molar-refractivity contribution in [3.8, 4) is 0 Å². The van der Waals surface area contributed by atoms with Gasteiger partial charge in [-0.25, -0.2) is 9.97 Å². The zero-order chi connectivity index (χ0) is 18.5. The summed E-state index contributed by atoms with van der Waals surface area (Å²) in [5.41, 5.74) is 2.05. The summed E-state index contributed by atoms with van der Waals surface area (Å²) in [6.45, 7) is 2.21. The molecule has 0 aliphatic carbocycles. The van der Waals surface area contributed by atoms with Gasteiger partial charge in [-0.3, -0.25) is 9.59 Å². The van der Waals surface area contributed by atoms with Crippen LogP contribution in [0.1, 0.15) is 18.9 Å². The minimum Gasteiger partial charge on any atom is -0.451 e. The number of fused-ring (bicyclic) bond motifs is 1. The van der Waals surface area contributed by atoms with Crippen molar-refractivity contribution >= 4 is 23.5 Å². The van der Waals surface area contributed by atoms with E-state index < -0.39 is 12.1 Å². The molecular formula is C19H22N4O3. The van der Waals surface area contributed by atoms with Crippen LogP contribution in [0.15, 0.2) is 42.7 Å². The molecule has 0 saturated carbocycles. The van der Waals surface area contributed by atoms with Gasteiger partial charge in [0.1, 0.15) is 6.54 Å². The maximum atomic E-state index is 12.8. The van der Waals surface area contributed by atoms with Crippen molar-refractivity contribution in [2.24, 2.45) is 0 Å². The normalized spacial score (nSPS) is 14.3. The number of carbonyl (C=O) groups is 2. The molecule has 7 heteroatoms. The van der Waals surface area contributed by atoms with E-state index in [1.165, 1.54) is 0 Å². The van der Waals surface area contributed by atoms with Gasteiger partial charge in [-0.05, 0) is 37.5 Å². The Labute approximate surface area is 152 Å². The monoisotopic (exact) mass is 354 g/mol. The number of carbonyl (C=O) groups excluding carboxylic acids is 2. The van der Waals surface area contributed by atoms with E-state index in [1.807, 2.05) is 24.3 Å². The van der Waals surface area contributed by atoms with Crippen LogP contribution in [0.4, 0.5) is 11.6 Å². The summed E-state index contributed by atoms with van der Waals surface area (Å²) < 4.78 is 5.35. The fraction of sp³-hybridized carbons (Fsp3) is 0.368. The van der Waals surface area contributed by atoms with E-state index >= 15 is 0 Å². The first-order valence-electron chi connectivity index (χ1n) is 8.63. The predicted molar refractivity (Wildman–Crippen MR) is 98.0 cm³/mol. The number of ether oxygens (including phenoxy) is 1. The number of hydrogen-bond acceptors (Lipinski definition) is 6. The number of para-hydroxylation sites is 1. The molecule has 1 aliphatic heterocycles. The number of esters is 1. The molecular weight excluding hydrogens is 332 g/mol. The van der Waals surface area contributed by atoms with E-state index in [0.29, 0.717) is 12.5 Å². The van der Waals surface area contributed by atoms with E-state index in [0.717, 1.165) is 24.1 Å². The second-order valence-electron chi connectivity index (χ2n) is 6.26. The zero-order valence-electron chi connectivity index (χ0n) is 15.0. The number of anilines is 2. The highest BCUT2D eigenvalue weighted by atomic mass is 16.5. The molecule has 0 spiro atoms. The maximum absolute atomic E-state index is 12.8. The van der Waals surface area contributed by atoms with Gasteiger partial charge in [0.2, 0.25) is 5.95 Å². The molecule has 1 aromatic heterocycles. The van der Waals surface area contributed by atoms with Gasteiger partial charge < -0.3 is 14.5 Å². The van der Waals surface area contributed by atoms with Crippen molar-refractivity contribution in [1.29, 1.82) is 0 Å². The first-order chi connectivity index (χ1) is 12.6. The van der Waals surface area contributed by atoms with Crippen molar-refractivity contribution < 1.29 is 14.3 Å². The number of nitrogens with zero attached hydrogens (tertiary/aromatic N) is 4. The van der Waals surface area contributed by atoms with Crippen LogP contribution in [0.3, 0.4) is 0 Å². The van der Waals surface area contributed by atoms with Gasteiger partial charge in [0.25, 0.3) is 5.91 Å². The number of aryl methyl sites for hydroxylation is 1. The standard InChI is InChI=1S/C19H22N4O3/c1-14(26-17(24)13-22(2)19-20-10-6-11-21-19)18(25)23-12-5-8-15-7-3-4-9-16(15)23/h3-4,6-7,9-11,14H,5,8,12-13H2,1-2H3. The number of rotatable bonds is 5. The third-order valence-electron chi connectivity index (χ3n) is 4.29. The Kier molecular flexibility index (Phi) is 5.46. The fourth-order valence-electron chi connectivity index (χ4n) is 3.02. The molecule has 0 fully saturated rings. The van der Waals surface area contributed by atoms with Crippen LogP contribution in [0.25, 0.3) is 0 Å². The highest BCUT2D eigenvalue weighted by Gasteiger charge is 2.28. The first kappa shape index (κ1) is 17.8. The molecule has 1 atom stereocenters. The quantitative estimate of drug-likeness (QED) is 0.763. The van der Waals surface area contributed by atoms with E-state index in [9.17, 15) is 9.59 Å². The van der Waals surface area contributed by atoms with Gasteiger partial charge in [-0.2, -0.15) is 0 Å². The lowest BCUT2D eigenvalue weighted by Gasteiger charge is -2.31. The lowest BCUT2D eigenvalue weighted by Crippen LogP contribution is -2.43. The molecule has 1 amide bonds. The second kappa shape index (κ2) is 7.95. The molecule has 2 aromatic rings. The molecule has 2 heterocycles. The minimum absolute atomic E-state index is 0.0295. The summed E-state index contributed by atoms with van der Waals surface area (Å²) >= 11 is 0. The molecule has 0 N–H and O–H groups in total. The number of amides is 1. The van der Waals surface area contributed by atoms with Crippen molar-refractivity contribution in [3.05, 3.63) is 48.3 Å². The Morgan fingerprint density at radius 3 is 2.73 bits per heavy atom. The highest BCUT2D eigenvalue weighted by Crippen LogP contribution is 2.27. The Balaban J connectivity index is 1.60. The van der Waals surface area contributed by atoms with E-state index in [2.05, 4.69) is 9.97 Å². The third kappa shape index (κ3) is 3.99. The summed E-state index contributed by atoms with van der Waals surface area (Å²) in [7, 11) is 1.70. The molecule has 0 radical (unpaired) electrons. The van der Waals surface area contributed by atoms with Crippen LogP contribution < -0.4 is 9.80 Å². The third-order valence-corrected chi connectivity index (χ3v) is 4.29. The van der Waals surface area contributed by atoms with Crippen LogP contribution in [0, 0.1) is 0 Å². The maximum Gasteiger partial charge on any atom is 0.326 e. The van der Waals surface area contributed by atoms with Crippen molar-refractivity contribution in [1.82, 2.24) is 9.97 Å². The first-order valence-corrected chi connectivity index (χ1v) is 8.63.